The highest BCUT2D eigenvalue weighted by Gasteiger charge is 2.15. The molecule has 1 amide bonds. The molecule has 0 bridgehead atoms. The van der Waals surface area contributed by atoms with E-state index in [0.29, 0.717) is 18.8 Å². The van der Waals surface area contributed by atoms with E-state index in [1.54, 1.807) is 6.92 Å². The third kappa shape index (κ3) is 7.46. The molecule has 0 aliphatic heterocycles. The first-order valence-electron chi connectivity index (χ1n) is 9.80. The van der Waals surface area contributed by atoms with E-state index < -0.39 is 0 Å². The number of hydrogen-bond acceptors (Lipinski definition) is 5. The summed E-state index contributed by atoms with van der Waals surface area (Å²) in [7, 11) is 0. The van der Waals surface area contributed by atoms with Gasteiger partial charge in [0, 0.05) is 37.3 Å². The minimum absolute atomic E-state index is 0.0153. The van der Waals surface area contributed by atoms with Crippen molar-refractivity contribution in [3.05, 3.63) is 42.0 Å². The Morgan fingerprint density at radius 2 is 1.82 bits per heavy atom. The fourth-order valence-electron chi connectivity index (χ4n) is 2.93. The third-order valence-electron chi connectivity index (χ3n) is 4.09. The van der Waals surface area contributed by atoms with Crippen LogP contribution in [0.2, 0.25) is 0 Å². The van der Waals surface area contributed by atoms with E-state index >= 15 is 0 Å². The highest BCUT2D eigenvalue weighted by atomic mass is 16.5. The number of carbonyl (C=O) groups excluding carboxylic acids is 1. The average Bonchev–Trinajstić information content (AvgIpc) is 2.61. The van der Waals surface area contributed by atoms with Gasteiger partial charge in [-0.05, 0) is 44.5 Å². The smallest absolute Gasteiger partial charge is 0.258 e. The molecule has 6 nitrogen and oxygen atoms in total. The molecule has 0 spiro atoms. The molecule has 1 atom stereocenters. The van der Waals surface area contributed by atoms with Crippen molar-refractivity contribution in [3.8, 4) is 5.75 Å². The number of nitrogens with one attached hydrogen (secondary N) is 3. The van der Waals surface area contributed by atoms with Gasteiger partial charge in [-0.1, -0.05) is 30.3 Å². The Hall–Kier alpha value is -2.15. The molecule has 0 radical (unpaired) electrons. The van der Waals surface area contributed by atoms with Gasteiger partial charge in [0.25, 0.3) is 5.91 Å². The topological polar surface area (TPSA) is 82.6 Å². The summed E-state index contributed by atoms with van der Waals surface area (Å²) in [6.45, 7) is 10.3. The lowest BCUT2D eigenvalue weighted by molar-refractivity contribution is -0.124. The third-order valence-corrected chi connectivity index (χ3v) is 4.09. The van der Waals surface area contributed by atoms with Gasteiger partial charge in [0.1, 0.15) is 5.75 Å². The first kappa shape index (κ1) is 22.1. The molecule has 4 N–H and O–H groups in total. The Morgan fingerprint density at radius 3 is 2.54 bits per heavy atom. The number of aliphatic hydroxyl groups excluding tert-OH is 1. The predicted molar refractivity (Wildman–Crippen MR) is 114 cm³/mol. The zero-order valence-corrected chi connectivity index (χ0v) is 17.3. The first-order valence-corrected chi connectivity index (χ1v) is 9.80. The number of aliphatic hydroxyl groups is 1. The summed E-state index contributed by atoms with van der Waals surface area (Å²) < 4.78 is 5.86. The quantitative estimate of drug-likeness (QED) is 0.470. The molecule has 0 aromatic heterocycles. The van der Waals surface area contributed by atoms with Crippen molar-refractivity contribution in [2.24, 2.45) is 0 Å². The number of benzene rings is 2. The second kappa shape index (κ2) is 10.4. The van der Waals surface area contributed by atoms with Gasteiger partial charge >= 0.3 is 0 Å². The molecule has 0 heterocycles. The van der Waals surface area contributed by atoms with Gasteiger partial charge in [-0.25, -0.2) is 0 Å². The second-order valence-electron chi connectivity index (χ2n) is 8.08. The number of amides is 1. The summed E-state index contributed by atoms with van der Waals surface area (Å²) in [5.41, 5.74) is 0.755. The van der Waals surface area contributed by atoms with E-state index in [4.69, 9.17) is 4.74 Å². The predicted octanol–water partition coefficient (Wildman–Crippen LogP) is 2.19. The lowest BCUT2D eigenvalue weighted by Gasteiger charge is -2.21. The summed E-state index contributed by atoms with van der Waals surface area (Å²) >= 11 is 0. The van der Waals surface area contributed by atoms with Gasteiger partial charge in [-0.2, -0.15) is 0 Å². The van der Waals surface area contributed by atoms with Crippen LogP contribution in [0, 0.1) is 0 Å². The molecule has 6 heteroatoms. The van der Waals surface area contributed by atoms with Gasteiger partial charge < -0.3 is 25.8 Å². The van der Waals surface area contributed by atoms with Crippen LogP contribution in [0.5, 0.6) is 5.75 Å². The Kier molecular flexibility index (Phi) is 8.23. The van der Waals surface area contributed by atoms with Crippen LogP contribution in [0.3, 0.4) is 0 Å². The molecule has 0 aliphatic carbocycles. The van der Waals surface area contributed by atoms with Crippen LogP contribution in [0.4, 0.5) is 0 Å². The van der Waals surface area contributed by atoms with Crippen LogP contribution in [0.25, 0.3) is 10.8 Å². The molecule has 0 aliphatic rings. The second-order valence-corrected chi connectivity index (χ2v) is 8.08. The van der Waals surface area contributed by atoms with Gasteiger partial charge in [0.05, 0.1) is 6.10 Å². The summed E-state index contributed by atoms with van der Waals surface area (Å²) in [6.07, 6.45) is -0.350. The molecular formula is C22H33N3O3. The molecule has 2 rings (SSSR count). The van der Waals surface area contributed by atoms with Crippen LogP contribution in [0.1, 0.15) is 33.3 Å². The van der Waals surface area contributed by atoms with Crippen LogP contribution >= 0.6 is 0 Å². The van der Waals surface area contributed by atoms with Gasteiger partial charge in [0.15, 0.2) is 6.61 Å². The normalized spacial score (nSPS) is 12.8. The van der Waals surface area contributed by atoms with Crippen molar-refractivity contribution >= 4 is 16.7 Å². The molecule has 2 aromatic carbocycles. The SMILES string of the molecule is CC(O)CNCCNCc1c(OCC(=O)NC(C)(C)C)ccc2ccccc12. The Balaban J connectivity index is 2.03. The molecule has 1 unspecified atom stereocenters. The molecule has 2 aromatic rings. The molecule has 0 saturated heterocycles. The van der Waals surface area contributed by atoms with E-state index in [9.17, 15) is 9.90 Å². The van der Waals surface area contributed by atoms with Gasteiger partial charge in [0.2, 0.25) is 0 Å². The van der Waals surface area contributed by atoms with Gasteiger partial charge in [-0.3, -0.25) is 4.79 Å². The van der Waals surface area contributed by atoms with Crippen LogP contribution in [0.15, 0.2) is 36.4 Å². The van der Waals surface area contributed by atoms with Crippen LogP contribution in [-0.2, 0) is 11.3 Å². The number of carbonyl (C=O) groups is 1. The van der Waals surface area contributed by atoms with E-state index in [0.717, 1.165) is 29.4 Å². The fourth-order valence-corrected chi connectivity index (χ4v) is 2.93. The lowest BCUT2D eigenvalue weighted by atomic mass is 10.0. The van der Waals surface area contributed by atoms with E-state index in [-0.39, 0.29) is 24.2 Å². The average molecular weight is 388 g/mol. The molecule has 0 fully saturated rings. The number of fused-ring (bicyclic) bond motifs is 1. The number of rotatable bonds is 10. The van der Waals surface area contributed by atoms with E-state index in [1.807, 2.05) is 45.0 Å². The molecule has 28 heavy (non-hydrogen) atoms. The van der Waals surface area contributed by atoms with Crippen LogP contribution < -0.4 is 20.7 Å². The minimum atomic E-state index is -0.350. The summed E-state index contributed by atoms with van der Waals surface area (Å²) in [4.78, 5) is 12.1. The molecule has 0 saturated carbocycles. The highest BCUT2D eigenvalue weighted by Crippen LogP contribution is 2.28. The van der Waals surface area contributed by atoms with Crippen molar-refractivity contribution in [2.45, 2.75) is 45.9 Å². The maximum absolute atomic E-state index is 12.1. The fraction of sp³-hybridized carbons (Fsp3) is 0.500. The van der Waals surface area contributed by atoms with Gasteiger partial charge in [-0.15, -0.1) is 0 Å². The monoisotopic (exact) mass is 387 g/mol. The largest absolute Gasteiger partial charge is 0.483 e. The standard InChI is InChI=1S/C22H33N3O3/c1-16(26)13-23-11-12-24-14-19-18-8-6-5-7-17(18)9-10-20(19)28-15-21(27)25-22(2,3)4/h5-10,16,23-24,26H,11-15H2,1-4H3,(H,25,27). The first-order chi connectivity index (χ1) is 13.3. The summed E-state index contributed by atoms with van der Waals surface area (Å²) in [5, 5.41) is 21.0. The highest BCUT2D eigenvalue weighted by molar-refractivity contribution is 5.88. The zero-order valence-electron chi connectivity index (χ0n) is 17.3. The Bertz CT molecular complexity index is 769. The maximum atomic E-state index is 12.1. The number of hydrogen-bond donors (Lipinski definition) is 4. The summed E-state index contributed by atoms with van der Waals surface area (Å²) in [6, 6.07) is 12.1. The van der Waals surface area contributed by atoms with Crippen molar-refractivity contribution in [3.63, 3.8) is 0 Å². The van der Waals surface area contributed by atoms with Crippen LogP contribution in [-0.4, -0.2) is 48.9 Å². The zero-order chi connectivity index (χ0) is 20.6. The number of ether oxygens (including phenoxy) is 1. The van der Waals surface area contributed by atoms with Crippen molar-refractivity contribution in [1.82, 2.24) is 16.0 Å². The Labute approximate surface area is 167 Å². The molecular weight excluding hydrogens is 354 g/mol. The van der Waals surface area contributed by atoms with Crippen molar-refractivity contribution in [1.29, 1.82) is 0 Å². The maximum Gasteiger partial charge on any atom is 0.258 e. The van der Waals surface area contributed by atoms with Crippen molar-refractivity contribution in [2.75, 3.05) is 26.2 Å². The van der Waals surface area contributed by atoms with E-state index in [1.165, 1.54) is 0 Å². The van der Waals surface area contributed by atoms with E-state index in [2.05, 4.69) is 28.1 Å². The lowest BCUT2D eigenvalue weighted by Crippen LogP contribution is -2.43. The minimum Gasteiger partial charge on any atom is -0.483 e. The van der Waals surface area contributed by atoms with Crippen molar-refractivity contribution < 1.29 is 14.6 Å². The molecule has 154 valence electrons. The summed E-state index contributed by atoms with van der Waals surface area (Å²) in [5.74, 6) is 0.578. The Morgan fingerprint density at radius 1 is 1.11 bits per heavy atom.